The lowest BCUT2D eigenvalue weighted by Crippen LogP contribution is -2.30. The Morgan fingerprint density at radius 1 is 1.17 bits per heavy atom. The summed E-state index contributed by atoms with van der Waals surface area (Å²) in [7, 11) is 0. The monoisotopic (exact) mass is 408 g/mol. The summed E-state index contributed by atoms with van der Waals surface area (Å²) in [4.78, 5) is 32.6. The second kappa shape index (κ2) is 7.00. The average Bonchev–Trinajstić information content (AvgIpc) is 3.31. The summed E-state index contributed by atoms with van der Waals surface area (Å²) in [5.74, 6) is -0.519. The molecule has 0 saturated carbocycles. The van der Waals surface area contributed by atoms with Crippen molar-refractivity contribution < 1.29 is 19.1 Å². The number of anilines is 1. The molecule has 0 spiro atoms. The fourth-order valence-corrected chi connectivity index (χ4v) is 4.49. The standard InChI is InChI=1S/C22H20N2O4S/c1-11-6-5-7-15(10-11)24-18(16-9-8-12(2)28-16)17(20(26)22(24)27)19(25)21-13(3)23-14(4)29-21/h5-10,18,26H,1-4H3. The van der Waals surface area contributed by atoms with Crippen LogP contribution in [0.15, 0.2) is 52.1 Å². The van der Waals surface area contributed by atoms with Gasteiger partial charge >= 0.3 is 0 Å². The van der Waals surface area contributed by atoms with Gasteiger partial charge in [0, 0.05) is 5.69 Å². The lowest BCUT2D eigenvalue weighted by atomic mass is 9.99. The maximum atomic E-state index is 13.4. The number of aliphatic hydroxyl groups excluding tert-OH is 1. The Bertz CT molecular complexity index is 1170. The number of aryl methyl sites for hydroxylation is 4. The lowest BCUT2D eigenvalue weighted by molar-refractivity contribution is -0.117. The molecule has 29 heavy (non-hydrogen) atoms. The number of aromatic nitrogens is 1. The predicted molar refractivity (Wildman–Crippen MR) is 110 cm³/mol. The third-order valence-electron chi connectivity index (χ3n) is 4.87. The number of hydrogen-bond acceptors (Lipinski definition) is 6. The molecular formula is C22H20N2O4S. The molecule has 1 amide bonds. The molecule has 3 aromatic rings. The molecular weight excluding hydrogens is 388 g/mol. The number of furan rings is 1. The first kappa shape index (κ1) is 19.1. The fourth-order valence-electron chi connectivity index (χ4n) is 3.62. The minimum atomic E-state index is -0.854. The summed E-state index contributed by atoms with van der Waals surface area (Å²) < 4.78 is 5.79. The van der Waals surface area contributed by atoms with E-state index < -0.39 is 23.5 Å². The van der Waals surface area contributed by atoms with Crippen molar-refractivity contribution >= 4 is 28.7 Å². The molecule has 3 heterocycles. The van der Waals surface area contributed by atoms with Gasteiger partial charge in [0.25, 0.3) is 5.91 Å². The second-order valence-electron chi connectivity index (χ2n) is 7.10. The zero-order chi connectivity index (χ0) is 20.9. The van der Waals surface area contributed by atoms with E-state index in [1.807, 2.05) is 32.0 Å². The van der Waals surface area contributed by atoms with Crippen LogP contribution in [0, 0.1) is 27.7 Å². The molecule has 1 unspecified atom stereocenters. The number of nitrogens with zero attached hydrogens (tertiary/aromatic N) is 2. The summed E-state index contributed by atoms with van der Waals surface area (Å²) in [6.45, 7) is 7.27. The van der Waals surface area contributed by atoms with Crippen molar-refractivity contribution in [1.29, 1.82) is 0 Å². The number of carbonyl (C=O) groups is 2. The van der Waals surface area contributed by atoms with Crippen molar-refractivity contribution in [3.05, 3.63) is 80.4 Å². The minimum absolute atomic E-state index is 0.0117. The van der Waals surface area contributed by atoms with Gasteiger partial charge in [0.1, 0.15) is 17.6 Å². The maximum absolute atomic E-state index is 13.4. The number of Topliss-reactive ketones (excluding diaryl/α,β-unsaturated/α-hetero) is 1. The zero-order valence-corrected chi connectivity index (χ0v) is 17.3. The van der Waals surface area contributed by atoms with Gasteiger partial charge in [0.2, 0.25) is 5.78 Å². The molecule has 7 heteroatoms. The van der Waals surface area contributed by atoms with Gasteiger partial charge in [-0.2, -0.15) is 0 Å². The molecule has 1 aromatic carbocycles. The van der Waals surface area contributed by atoms with Gasteiger partial charge in [0.05, 0.1) is 21.2 Å². The van der Waals surface area contributed by atoms with Gasteiger partial charge in [-0.1, -0.05) is 12.1 Å². The van der Waals surface area contributed by atoms with Gasteiger partial charge in [-0.25, -0.2) is 4.98 Å². The summed E-state index contributed by atoms with van der Waals surface area (Å²) >= 11 is 1.25. The molecule has 0 radical (unpaired) electrons. The summed E-state index contributed by atoms with van der Waals surface area (Å²) in [5, 5.41) is 11.5. The largest absolute Gasteiger partial charge is 0.503 e. The van der Waals surface area contributed by atoms with E-state index in [1.165, 1.54) is 16.2 Å². The average molecular weight is 408 g/mol. The van der Waals surface area contributed by atoms with Crippen LogP contribution in [0.1, 0.15) is 43.5 Å². The van der Waals surface area contributed by atoms with Crippen LogP contribution in [-0.2, 0) is 4.79 Å². The Kier molecular flexibility index (Phi) is 4.62. The van der Waals surface area contributed by atoms with E-state index in [2.05, 4.69) is 4.98 Å². The zero-order valence-electron chi connectivity index (χ0n) is 16.5. The number of amides is 1. The number of hydrogen-bond donors (Lipinski definition) is 1. The van der Waals surface area contributed by atoms with Crippen molar-refractivity contribution in [1.82, 2.24) is 4.98 Å². The first-order chi connectivity index (χ1) is 13.8. The number of thiazole rings is 1. The third-order valence-corrected chi connectivity index (χ3v) is 5.94. The van der Waals surface area contributed by atoms with Crippen LogP contribution in [0.5, 0.6) is 0 Å². The Balaban J connectivity index is 1.89. The van der Waals surface area contributed by atoms with Crippen molar-refractivity contribution in [2.24, 2.45) is 0 Å². The molecule has 2 aromatic heterocycles. The van der Waals surface area contributed by atoms with E-state index in [1.54, 1.807) is 32.0 Å². The van der Waals surface area contributed by atoms with Gasteiger partial charge in [0.15, 0.2) is 5.76 Å². The van der Waals surface area contributed by atoms with E-state index >= 15 is 0 Å². The summed E-state index contributed by atoms with van der Waals surface area (Å²) in [5.41, 5.74) is 2.13. The van der Waals surface area contributed by atoms with Gasteiger partial charge in [-0.15, -0.1) is 11.3 Å². The molecule has 1 aliphatic rings. The van der Waals surface area contributed by atoms with Crippen LogP contribution in [0.25, 0.3) is 0 Å². The van der Waals surface area contributed by atoms with Crippen LogP contribution < -0.4 is 4.90 Å². The topological polar surface area (TPSA) is 83.6 Å². The predicted octanol–water partition coefficient (Wildman–Crippen LogP) is 4.75. The van der Waals surface area contributed by atoms with Crippen LogP contribution in [0.4, 0.5) is 5.69 Å². The normalized spacial score (nSPS) is 16.8. The molecule has 6 nitrogen and oxygen atoms in total. The van der Waals surface area contributed by atoms with E-state index in [4.69, 9.17) is 4.42 Å². The molecule has 0 aliphatic carbocycles. The van der Waals surface area contributed by atoms with Gasteiger partial charge in [-0.05, 0) is 57.5 Å². The first-order valence-corrected chi connectivity index (χ1v) is 9.98. The Morgan fingerprint density at radius 3 is 2.52 bits per heavy atom. The highest BCUT2D eigenvalue weighted by Crippen LogP contribution is 2.43. The third kappa shape index (κ3) is 3.17. The first-order valence-electron chi connectivity index (χ1n) is 9.16. The molecule has 4 rings (SSSR count). The number of carbonyl (C=O) groups excluding carboxylic acids is 2. The van der Waals surface area contributed by atoms with Crippen molar-refractivity contribution in [3.8, 4) is 0 Å². The number of benzene rings is 1. The molecule has 0 fully saturated rings. The Hall–Kier alpha value is -3.19. The Labute approximate surface area is 172 Å². The van der Waals surface area contributed by atoms with E-state index in [0.29, 0.717) is 27.8 Å². The number of ketones is 1. The molecule has 0 saturated heterocycles. The minimum Gasteiger partial charge on any atom is -0.503 e. The van der Waals surface area contributed by atoms with E-state index in [-0.39, 0.29) is 5.57 Å². The molecule has 148 valence electrons. The van der Waals surface area contributed by atoms with Crippen LogP contribution in [-0.4, -0.2) is 21.8 Å². The maximum Gasteiger partial charge on any atom is 0.294 e. The number of aliphatic hydroxyl groups is 1. The quantitative estimate of drug-likeness (QED) is 0.630. The van der Waals surface area contributed by atoms with Gasteiger partial charge < -0.3 is 9.52 Å². The molecule has 1 aliphatic heterocycles. The smallest absolute Gasteiger partial charge is 0.294 e. The Morgan fingerprint density at radius 2 is 1.93 bits per heavy atom. The highest BCUT2D eigenvalue weighted by Gasteiger charge is 2.46. The molecule has 0 bridgehead atoms. The van der Waals surface area contributed by atoms with Crippen LogP contribution in [0.2, 0.25) is 0 Å². The second-order valence-corrected chi connectivity index (χ2v) is 8.31. The van der Waals surface area contributed by atoms with E-state index in [0.717, 1.165) is 10.6 Å². The van der Waals surface area contributed by atoms with E-state index in [9.17, 15) is 14.7 Å². The highest BCUT2D eigenvalue weighted by molar-refractivity contribution is 7.14. The van der Waals surface area contributed by atoms with Gasteiger partial charge in [-0.3, -0.25) is 14.5 Å². The molecule has 1 N–H and O–H groups in total. The number of rotatable bonds is 4. The fraction of sp³-hybridized carbons (Fsp3) is 0.227. The van der Waals surface area contributed by atoms with Crippen molar-refractivity contribution in [3.63, 3.8) is 0 Å². The van der Waals surface area contributed by atoms with Crippen LogP contribution >= 0.6 is 11.3 Å². The highest BCUT2D eigenvalue weighted by atomic mass is 32.1. The molecule has 1 atom stereocenters. The lowest BCUT2D eigenvalue weighted by Gasteiger charge is -2.25. The van der Waals surface area contributed by atoms with Crippen molar-refractivity contribution in [2.45, 2.75) is 33.7 Å². The summed E-state index contributed by atoms with van der Waals surface area (Å²) in [6, 6.07) is 10.0. The summed E-state index contributed by atoms with van der Waals surface area (Å²) in [6.07, 6.45) is 0. The van der Waals surface area contributed by atoms with Crippen molar-refractivity contribution in [2.75, 3.05) is 4.90 Å². The SMILES string of the molecule is Cc1cccc(N2C(=O)C(O)=C(C(=O)c3sc(C)nc3C)C2c2ccc(C)o2)c1. The van der Waals surface area contributed by atoms with Crippen LogP contribution in [0.3, 0.4) is 0 Å².